The van der Waals surface area contributed by atoms with Gasteiger partial charge in [-0.15, -0.1) is 0 Å². The molecule has 230 valence electrons. The summed E-state index contributed by atoms with van der Waals surface area (Å²) in [6, 6.07) is 64.7. The van der Waals surface area contributed by atoms with E-state index < -0.39 is 15.8 Å². The van der Waals surface area contributed by atoms with Gasteiger partial charge in [0.1, 0.15) is 0 Å². The molecule has 0 bridgehead atoms. The van der Waals surface area contributed by atoms with Gasteiger partial charge in [-0.2, -0.15) is 0 Å². The summed E-state index contributed by atoms with van der Waals surface area (Å²) in [6.07, 6.45) is 5.42. The molecule has 0 saturated heterocycles. The van der Waals surface area contributed by atoms with Gasteiger partial charge in [0.2, 0.25) is 0 Å². The molecule has 0 unspecified atom stereocenters. The Balaban J connectivity index is 0.000000147. The Bertz CT molecular complexity index is 1470. The molecule has 1 aliphatic rings. The number of hydrogen-bond acceptors (Lipinski definition) is 0. The Labute approximate surface area is 289 Å². The number of halogens is 1. The predicted molar refractivity (Wildman–Crippen MR) is 203 cm³/mol. The summed E-state index contributed by atoms with van der Waals surface area (Å²) in [5.74, 6) is 0. The van der Waals surface area contributed by atoms with Gasteiger partial charge in [0, 0.05) is 0 Å². The number of benzene rings is 6. The molecule has 0 aromatic heterocycles. The maximum atomic E-state index is 5.69. The molecule has 0 amide bonds. The summed E-state index contributed by atoms with van der Waals surface area (Å²) >= 11 is 0.00579. The van der Waals surface area contributed by atoms with E-state index in [4.69, 9.17) is 9.69 Å². The van der Waals surface area contributed by atoms with Crippen LogP contribution in [0.1, 0.15) is 13.3 Å². The Morgan fingerprint density at radius 1 is 0.413 bits per heavy atom. The van der Waals surface area contributed by atoms with E-state index in [1.54, 1.807) is 0 Å². The fraction of sp³-hybridized carbons (Fsp3) is 0.0476. The SMILES string of the molecule is CC1=[C]([Ru][Cl])CC=C1.c1ccc(P(c2ccccc2)c2ccccc2)cc1.c1ccc(P(c2ccccc2)c2ccccc2)cc1. The third-order valence-corrected chi connectivity index (χ3v) is 14.5. The van der Waals surface area contributed by atoms with E-state index in [0.717, 1.165) is 6.42 Å². The third-order valence-electron chi connectivity index (χ3n) is 7.25. The smallest absolute Gasteiger partial charge is 0.0134 e. The van der Waals surface area contributed by atoms with Crippen molar-refractivity contribution in [1.29, 1.82) is 0 Å². The molecule has 46 heavy (non-hydrogen) atoms. The molecule has 0 fully saturated rings. The van der Waals surface area contributed by atoms with Crippen LogP contribution in [-0.2, 0) is 16.1 Å². The summed E-state index contributed by atoms with van der Waals surface area (Å²) in [6.45, 7) is 2.12. The zero-order chi connectivity index (χ0) is 31.8. The van der Waals surface area contributed by atoms with E-state index in [1.807, 2.05) is 0 Å². The Morgan fingerprint density at radius 2 is 0.652 bits per heavy atom. The van der Waals surface area contributed by atoms with Crippen LogP contribution in [0.5, 0.6) is 0 Å². The van der Waals surface area contributed by atoms with Gasteiger partial charge in [0.25, 0.3) is 0 Å². The molecule has 0 nitrogen and oxygen atoms in total. The molecule has 6 aromatic rings. The van der Waals surface area contributed by atoms with Gasteiger partial charge >= 0.3 is 61.1 Å². The van der Waals surface area contributed by atoms with Crippen LogP contribution in [0.2, 0.25) is 0 Å². The first kappa shape index (κ1) is 33.9. The first-order valence-electron chi connectivity index (χ1n) is 15.2. The quantitative estimate of drug-likeness (QED) is 0.113. The van der Waals surface area contributed by atoms with Crippen molar-refractivity contribution in [2.75, 3.05) is 0 Å². The van der Waals surface area contributed by atoms with E-state index in [1.165, 1.54) is 41.6 Å². The molecule has 0 radical (unpaired) electrons. The Hall–Kier alpha value is -3.43. The van der Waals surface area contributed by atoms with Crippen LogP contribution in [0.25, 0.3) is 0 Å². The van der Waals surface area contributed by atoms with Gasteiger partial charge in [-0.05, 0) is 47.7 Å². The van der Waals surface area contributed by atoms with E-state index in [0.29, 0.717) is 0 Å². The minimum atomic E-state index is -0.446. The van der Waals surface area contributed by atoms with Crippen LogP contribution in [0.4, 0.5) is 0 Å². The van der Waals surface area contributed by atoms with Crippen molar-refractivity contribution < 1.29 is 16.1 Å². The molecule has 0 heterocycles. The van der Waals surface area contributed by atoms with Crippen molar-refractivity contribution in [3.05, 3.63) is 204 Å². The van der Waals surface area contributed by atoms with Crippen LogP contribution < -0.4 is 31.8 Å². The zero-order valence-corrected chi connectivity index (χ0v) is 30.1. The van der Waals surface area contributed by atoms with E-state index in [-0.39, 0.29) is 16.1 Å². The normalized spacial score (nSPS) is 12.0. The average Bonchev–Trinajstić information content (AvgIpc) is 3.56. The molecule has 4 heteroatoms. The van der Waals surface area contributed by atoms with Gasteiger partial charge in [-0.1, -0.05) is 182 Å². The second-order valence-corrected chi connectivity index (χ2v) is 17.0. The van der Waals surface area contributed by atoms with Crippen molar-refractivity contribution in [2.45, 2.75) is 13.3 Å². The van der Waals surface area contributed by atoms with Gasteiger partial charge < -0.3 is 0 Å². The largest absolute Gasteiger partial charge is 0.0622 e. The van der Waals surface area contributed by atoms with E-state index in [9.17, 15) is 0 Å². The van der Waals surface area contributed by atoms with Crippen molar-refractivity contribution in [3.63, 3.8) is 0 Å². The minimum Gasteiger partial charge on any atom is -0.0622 e. The second-order valence-electron chi connectivity index (χ2n) is 10.4. The van der Waals surface area contributed by atoms with Gasteiger partial charge in [0.15, 0.2) is 0 Å². The maximum Gasteiger partial charge on any atom is -0.0134 e. The van der Waals surface area contributed by atoms with Crippen molar-refractivity contribution in [3.8, 4) is 0 Å². The van der Waals surface area contributed by atoms with Crippen molar-refractivity contribution in [1.82, 2.24) is 0 Å². The molecule has 0 spiro atoms. The number of rotatable bonds is 7. The third kappa shape index (κ3) is 9.79. The monoisotopic (exact) mass is 740 g/mol. The first-order chi connectivity index (χ1) is 22.7. The summed E-state index contributed by atoms with van der Waals surface area (Å²) < 4.78 is 1.46. The predicted octanol–water partition coefficient (Wildman–Crippen LogP) is 9.35. The van der Waals surface area contributed by atoms with Crippen molar-refractivity contribution >= 4 is 57.4 Å². The molecule has 0 N–H and O–H groups in total. The van der Waals surface area contributed by atoms with Gasteiger partial charge in [0.05, 0.1) is 0 Å². The topological polar surface area (TPSA) is 0 Å². The van der Waals surface area contributed by atoms with E-state index in [2.05, 4.69) is 201 Å². The number of hydrogen-bond donors (Lipinski definition) is 0. The Morgan fingerprint density at radius 3 is 0.804 bits per heavy atom. The van der Waals surface area contributed by atoms with Crippen molar-refractivity contribution in [2.24, 2.45) is 0 Å². The fourth-order valence-corrected chi connectivity index (χ4v) is 11.3. The standard InChI is InChI=1S/2C18H15P.C6H7.ClH.Ru/c2*1-4-10-16(11-5-1)19(17-12-6-2-7-13-17)18-14-8-3-9-15-18;1-6-4-2-3-5-6;;/h2*1-15H;2,4H,3H2,1H3;1H;/q;;;;+1/p-1. The summed E-state index contributed by atoms with van der Waals surface area (Å²) in [7, 11) is 4.80. The number of allylic oxidation sites excluding steroid dienone is 4. The molecular formula is C42H37ClP2Ru. The molecule has 0 atom stereocenters. The second kappa shape index (κ2) is 18.7. The molecule has 7 rings (SSSR count). The maximum absolute atomic E-state index is 5.69. The summed E-state index contributed by atoms with van der Waals surface area (Å²) in [5, 5.41) is 8.39. The minimum absolute atomic E-state index is 0.00579. The average molecular weight is 740 g/mol. The molecule has 1 aliphatic carbocycles. The molecule has 6 aromatic carbocycles. The van der Waals surface area contributed by atoms with Gasteiger partial charge in [-0.25, -0.2) is 0 Å². The van der Waals surface area contributed by atoms with Crippen LogP contribution in [0, 0.1) is 0 Å². The summed E-state index contributed by atoms with van der Waals surface area (Å²) in [5.41, 5.74) is 1.39. The Kier molecular flexibility index (Phi) is 13.8. The van der Waals surface area contributed by atoms with Crippen LogP contribution in [0.15, 0.2) is 204 Å². The van der Waals surface area contributed by atoms with Crippen LogP contribution >= 0.6 is 25.5 Å². The van der Waals surface area contributed by atoms with E-state index >= 15 is 0 Å². The summed E-state index contributed by atoms with van der Waals surface area (Å²) in [4.78, 5) is 0. The molecular weight excluding hydrogens is 703 g/mol. The molecule has 0 saturated carbocycles. The van der Waals surface area contributed by atoms with Crippen LogP contribution in [-0.4, -0.2) is 0 Å². The fourth-order valence-electron chi connectivity index (χ4n) is 5.02. The van der Waals surface area contributed by atoms with Gasteiger partial charge in [-0.3, -0.25) is 0 Å². The first-order valence-corrected chi connectivity index (χ1v) is 21.0. The van der Waals surface area contributed by atoms with Crippen LogP contribution in [0.3, 0.4) is 0 Å². The zero-order valence-electron chi connectivity index (χ0n) is 25.8. The molecule has 0 aliphatic heterocycles.